The number of rotatable bonds is 9. The number of carbonyl (C=O) groups is 2. The van der Waals surface area contributed by atoms with Crippen molar-refractivity contribution in [1.82, 2.24) is 9.80 Å². The Kier molecular flexibility index (Phi) is 10.1. The first-order valence-corrected chi connectivity index (χ1v) is 13.6. The molecule has 0 aromatic heterocycles. The van der Waals surface area contributed by atoms with Crippen LogP contribution in [0.5, 0.6) is 0 Å². The first kappa shape index (κ1) is 24.9. The fourth-order valence-corrected chi connectivity index (χ4v) is 3.55. The molecule has 0 saturated carbocycles. The molecule has 1 rings (SSSR count). The van der Waals surface area contributed by atoms with Crippen molar-refractivity contribution < 1.29 is 14.3 Å². The Morgan fingerprint density at radius 3 is 2.28 bits per heavy atom. The standard InChI is InChI=1S/C23H36N2O3Si/c1-19(2)16-21(24(3)17-20-12-9-8-10-13-20)23(27)25(18-22(26)28-4)14-11-15-29(5,6)7/h8-10,12-13,19,21H,14,16-18H2,1-7H3. The van der Waals surface area contributed by atoms with Gasteiger partial charge in [-0.2, -0.15) is 0 Å². The number of methoxy groups -OCH3 is 1. The molecular formula is C23H36N2O3Si. The Balaban J connectivity index is 3.07. The summed E-state index contributed by atoms with van der Waals surface area (Å²) in [6.45, 7) is 11.5. The van der Waals surface area contributed by atoms with Crippen LogP contribution in [0.3, 0.4) is 0 Å². The lowest BCUT2D eigenvalue weighted by molar-refractivity contribution is -0.148. The van der Waals surface area contributed by atoms with E-state index in [4.69, 9.17) is 4.74 Å². The summed E-state index contributed by atoms with van der Waals surface area (Å²) in [5.41, 5.74) is 4.42. The highest BCUT2D eigenvalue weighted by molar-refractivity contribution is 6.83. The number of ether oxygens (including phenoxy) is 1. The van der Waals surface area contributed by atoms with Crippen LogP contribution in [-0.2, 0) is 20.9 Å². The summed E-state index contributed by atoms with van der Waals surface area (Å²) in [4.78, 5) is 29.0. The predicted molar refractivity (Wildman–Crippen MR) is 121 cm³/mol. The minimum Gasteiger partial charge on any atom is -0.468 e. The Morgan fingerprint density at radius 2 is 1.76 bits per heavy atom. The molecule has 0 fully saturated rings. The molecule has 1 amide bonds. The zero-order valence-electron chi connectivity index (χ0n) is 19.0. The van der Waals surface area contributed by atoms with Gasteiger partial charge in [-0.15, -0.1) is 5.54 Å². The number of nitrogens with zero attached hydrogens (tertiary/aromatic N) is 2. The molecule has 1 aromatic carbocycles. The summed E-state index contributed by atoms with van der Waals surface area (Å²) in [6.07, 6.45) is 0.710. The van der Waals surface area contributed by atoms with Gasteiger partial charge in [-0.1, -0.05) is 69.7 Å². The van der Waals surface area contributed by atoms with Crippen LogP contribution in [0.2, 0.25) is 19.6 Å². The number of hydrogen-bond acceptors (Lipinski definition) is 4. The summed E-state index contributed by atoms with van der Waals surface area (Å²) in [7, 11) is 1.74. The number of amides is 1. The lowest BCUT2D eigenvalue weighted by Crippen LogP contribution is -2.49. The second kappa shape index (κ2) is 11.8. The summed E-state index contributed by atoms with van der Waals surface area (Å²) in [5, 5.41) is 0. The molecule has 0 aliphatic rings. The van der Waals surface area contributed by atoms with Gasteiger partial charge >= 0.3 is 5.97 Å². The van der Waals surface area contributed by atoms with Crippen LogP contribution in [-0.4, -0.2) is 63.0 Å². The zero-order valence-corrected chi connectivity index (χ0v) is 20.0. The molecule has 29 heavy (non-hydrogen) atoms. The quantitative estimate of drug-likeness (QED) is 0.352. The van der Waals surface area contributed by atoms with Crippen LogP contribution < -0.4 is 0 Å². The Labute approximate surface area is 177 Å². The number of hydrogen-bond donors (Lipinski definition) is 0. The van der Waals surface area contributed by atoms with Crippen LogP contribution in [0.15, 0.2) is 30.3 Å². The molecule has 1 aromatic rings. The summed E-state index contributed by atoms with van der Waals surface area (Å²) in [5.74, 6) is 2.96. The van der Waals surface area contributed by atoms with Crippen molar-refractivity contribution in [1.29, 1.82) is 0 Å². The van der Waals surface area contributed by atoms with Gasteiger partial charge < -0.3 is 9.64 Å². The smallest absolute Gasteiger partial charge is 0.325 e. The fourth-order valence-electron chi connectivity index (χ4n) is 2.94. The van der Waals surface area contributed by atoms with Gasteiger partial charge in [0.05, 0.1) is 19.7 Å². The molecule has 0 aliphatic carbocycles. The van der Waals surface area contributed by atoms with Gasteiger partial charge in [0.2, 0.25) is 5.91 Å². The van der Waals surface area contributed by atoms with Gasteiger partial charge in [0.1, 0.15) is 14.6 Å². The molecule has 0 spiro atoms. The third-order valence-corrected chi connectivity index (χ3v) is 5.31. The Hall–Kier alpha value is -2.10. The van der Waals surface area contributed by atoms with Gasteiger partial charge in [-0.3, -0.25) is 14.5 Å². The van der Waals surface area contributed by atoms with Gasteiger partial charge in [-0.05, 0) is 24.9 Å². The molecule has 1 atom stereocenters. The van der Waals surface area contributed by atoms with Gasteiger partial charge in [-0.25, -0.2) is 0 Å². The lowest BCUT2D eigenvalue weighted by atomic mass is 10.0. The van der Waals surface area contributed by atoms with Gasteiger partial charge in [0.15, 0.2) is 0 Å². The summed E-state index contributed by atoms with van der Waals surface area (Å²) < 4.78 is 4.81. The van der Waals surface area contributed by atoms with Gasteiger partial charge in [0, 0.05) is 6.54 Å². The maximum absolute atomic E-state index is 13.4. The summed E-state index contributed by atoms with van der Waals surface area (Å²) in [6, 6.07) is 9.76. The Morgan fingerprint density at radius 1 is 1.14 bits per heavy atom. The molecular weight excluding hydrogens is 380 g/mol. The predicted octanol–water partition coefficient (Wildman–Crippen LogP) is 3.42. The van der Waals surface area contributed by atoms with E-state index in [0.29, 0.717) is 18.9 Å². The number of benzene rings is 1. The molecule has 0 radical (unpaired) electrons. The molecule has 0 heterocycles. The second-order valence-corrected chi connectivity index (χ2v) is 13.6. The highest BCUT2D eigenvalue weighted by Gasteiger charge is 2.29. The van der Waals surface area contributed by atoms with E-state index in [-0.39, 0.29) is 25.0 Å². The van der Waals surface area contributed by atoms with E-state index in [2.05, 4.69) is 62.0 Å². The van der Waals surface area contributed by atoms with Crippen molar-refractivity contribution in [2.24, 2.45) is 5.92 Å². The SMILES string of the molecule is COC(=O)CN(CC#C[Si](C)(C)C)C(=O)C(CC(C)C)N(C)Cc1ccccc1. The van der Waals surface area contributed by atoms with Crippen molar-refractivity contribution >= 4 is 20.0 Å². The van der Waals surface area contributed by atoms with Crippen LogP contribution in [0.25, 0.3) is 0 Å². The maximum Gasteiger partial charge on any atom is 0.325 e. The van der Waals surface area contributed by atoms with Gasteiger partial charge in [0.25, 0.3) is 0 Å². The van der Waals surface area contributed by atoms with E-state index in [0.717, 1.165) is 5.56 Å². The van der Waals surface area contributed by atoms with Crippen LogP contribution in [0.4, 0.5) is 0 Å². The van der Waals surface area contributed by atoms with E-state index in [9.17, 15) is 9.59 Å². The maximum atomic E-state index is 13.4. The topological polar surface area (TPSA) is 49.9 Å². The molecule has 6 heteroatoms. The van der Waals surface area contributed by atoms with E-state index in [1.54, 1.807) is 0 Å². The fraction of sp³-hybridized carbons (Fsp3) is 0.565. The lowest BCUT2D eigenvalue weighted by Gasteiger charge is -2.32. The third kappa shape index (κ3) is 9.77. The highest BCUT2D eigenvalue weighted by atomic mass is 28.3. The van der Waals surface area contributed by atoms with Crippen molar-refractivity contribution in [2.75, 3.05) is 27.2 Å². The van der Waals surface area contributed by atoms with E-state index >= 15 is 0 Å². The first-order valence-electron chi connectivity index (χ1n) is 10.1. The molecule has 0 saturated heterocycles. The van der Waals surface area contributed by atoms with Crippen molar-refractivity contribution in [3.8, 4) is 11.5 Å². The largest absolute Gasteiger partial charge is 0.468 e. The van der Waals surface area contributed by atoms with Crippen LogP contribution >= 0.6 is 0 Å². The molecule has 0 bridgehead atoms. The van der Waals surface area contributed by atoms with Crippen LogP contribution in [0, 0.1) is 17.4 Å². The van der Waals surface area contributed by atoms with E-state index in [1.165, 1.54) is 12.0 Å². The second-order valence-electron chi connectivity index (χ2n) is 8.87. The minimum absolute atomic E-state index is 0.0765. The normalized spacial score (nSPS) is 12.3. The minimum atomic E-state index is -1.56. The number of carbonyl (C=O) groups excluding carboxylic acids is 2. The average molecular weight is 417 g/mol. The molecule has 5 nitrogen and oxygen atoms in total. The average Bonchev–Trinajstić information content (AvgIpc) is 2.64. The first-order chi connectivity index (χ1) is 13.5. The Bertz CT molecular complexity index is 717. The molecule has 0 aliphatic heterocycles. The van der Waals surface area contributed by atoms with Crippen molar-refractivity contribution in [3.63, 3.8) is 0 Å². The van der Waals surface area contributed by atoms with Crippen molar-refractivity contribution in [2.45, 2.75) is 52.5 Å². The monoisotopic (exact) mass is 416 g/mol. The molecule has 160 valence electrons. The zero-order chi connectivity index (χ0) is 22.0. The third-order valence-electron chi connectivity index (χ3n) is 4.38. The van der Waals surface area contributed by atoms with E-state index in [1.807, 2.05) is 25.2 Å². The van der Waals surface area contributed by atoms with Crippen molar-refractivity contribution in [3.05, 3.63) is 35.9 Å². The number of esters is 1. The number of likely N-dealkylation sites (N-methyl/N-ethyl adjacent to an activating group) is 1. The van der Waals surface area contributed by atoms with Crippen LogP contribution in [0.1, 0.15) is 25.8 Å². The van der Waals surface area contributed by atoms with E-state index < -0.39 is 14.0 Å². The molecule has 1 unspecified atom stereocenters. The highest BCUT2D eigenvalue weighted by Crippen LogP contribution is 2.16. The molecule has 0 N–H and O–H groups in total. The summed E-state index contributed by atoms with van der Waals surface area (Å²) >= 11 is 0.